The molecule has 1 fully saturated rings. The van der Waals surface area contributed by atoms with Gasteiger partial charge in [0.15, 0.2) is 28.8 Å². The zero-order chi connectivity index (χ0) is 38.2. The lowest BCUT2D eigenvalue weighted by atomic mass is 9.84. The van der Waals surface area contributed by atoms with E-state index in [1.165, 1.54) is 26.2 Å². The number of hydrogen-bond donors (Lipinski definition) is 6. The Balaban J connectivity index is 1.35. The van der Waals surface area contributed by atoms with E-state index in [2.05, 4.69) is 19.7 Å². The fraction of sp³-hybridized carbons (Fsp3) is 0.438. The maximum atomic E-state index is 13.5. The lowest BCUT2D eigenvalue weighted by Crippen LogP contribution is -2.76. The van der Waals surface area contributed by atoms with Crippen LogP contribution >= 0.6 is 11.3 Å². The Morgan fingerprint density at radius 3 is 2.52 bits per heavy atom. The number of fused-ring (bicyclic) bond motifs is 1. The van der Waals surface area contributed by atoms with E-state index >= 15 is 0 Å². The van der Waals surface area contributed by atoms with Gasteiger partial charge in [-0.25, -0.2) is 14.3 Å². The van der Waals surface area contributed by atoms with Crippen molar-refractivity contribution in [3.8, 4) is 16.9 Å². The second kappa shape index (κ2) is 14.7. The third-order valence-electron chi connectivity index (χ3n) is 9.21. The molecule has 5 rings (SSSR count). The summed E-state index contributed by atoms with van der Waals surface area (Å²) in [5.41, 5.74) is 17.2. The molecule has 4 heterocycles. The minimum Gasteiger partial charge on any atom is -0.485 e. The highest BCUT2D eigenvalue weighted by atomic mass is 32.3. The number of aryl methyl sites for hydroxylation is 2. The second-order valence-corrected chi connectivity index (χ2v) is 15.1. The van der Waals surface area contributed by atoms with Gasteiger partial charge in [0.1, 0.15) is 24.5 Å². The van der Waals surface area contributed by atoms with Crippen molar-refractivity contribution in [2.75, 3.05) is 18.8 Å². The van der Waals surface area contributed by atoms with Gasteiger partial charge in [-0.05, 0) is 81.9 Å². The molecular weight excluding hydrogens is 721 g/mol. The van der Waals surface area contributed by atoms with Crippen molar-refractivity contribution in [3.05, 3.63) is 58.9 Å². The number of nitrogens with one attached hydrogen (secondary N) is 1. The van der Waals surface area contributed by atoms with Crippen LogP contribution in [0.15, 0.2) is 47.1 Å². The molecule has 1 saturated heterocycles. The maximum absolute atomic E-state index is 13.5. The summed E-state index contributed by atoms with van der Waals surface area (Å²) in [5.74, 6) is -2.79. The number of nitrogen functional groups attached to an aromatic ring is 1. The van der Waals surface area contributed by atoms with Crippen LogP contribution in [0.25, 0.3) is 11.1 Å². The van der Waals surface area contributed by atoms with Gasteiger partial charge in [-0.3, -0.25) is 14.1 Å². The van der Waals surface area contributed by atoms with Crippen LogP contribution in [-0.4, -0.2) is 88.0 Å². The average Bonchev–Trinajstić information content (AvgIpc) is 3.53. The highest BCUT2D eigenvalue weighted by Crippen LogP contribution is 2.37. The SMILES string of the molecule is C[n+]1cc(-c2ccc3c(c2)CC[C@H](C(C)(O/N=C(\C(=O)N[C@@H]2C(=O)N(OS(=O)(=O)O)C2(C)C)c2csc(N)n2)C(=O)O)O3)ccc1CC(CN)CN. The van der Waals surface area contributed by atoms with E-state index in [0.29, 0.717) is 30.3 Å². The number of aliphatic carboxylic acids is 1. The fourth-order valence-electron chi connectivity index (χ4n) is 5.93. The molecule has 0 aliphatic carbocycles. The van der Waals surface area contributed by atoms with Crippen LogP contribution in [0, 0.1) is 5.92 Å². The lowest BCUT2D eigenvalue weighted by Gasteiger charge is -2.50. The predicted octanol–water partition coefficient (Wildman–Crippen LogP) is 0.0907. The van der Waals surface area contributed by atoms with Crippen molar-refractivity contribution in [2.45, 2.75) is 63.3 Å². The van der Waals surface area contributed by atoms with E-state index in [1.54, 1.807) is 6.07 Å². The summed E-state index contributed by atoms with van der Waals surface area (Å²) in [6.45, 7) is 5.01. The number of oxime groups is 1. The number of nitrogens with two attached hydrogens (primary N) is 3. The number of thiazole rings is 1. The molecule has 2 amide bonds. The summed E-state index contributed by atoms with van der Waals surface area (Å²) < 4.78 is 44.0. The molecule has 1 unspecified atom stereocenters. The highest BCUT2D eigenvalue weighted by Gasteiger charge is 2.58. The number of hydrogen-bond acceptors (Lipinski definition) is 14. The van der Waals surface area contributed by atoms with Crippen LogP contribution < -0.4 is 31.8 Å². The third-order valence-corrected chi connectivity index (χ3v) is 10.2. The molecule has 280 valence electrons. The predicted molar refractivity (Wildman–Crippen MR) is 187 cm³/mol. The third kappa shape index (κ3) is 7.86. The van der Waals surface area contributed by atoms with Gasteiger partial charge in [0.2, 0.25) is 0 Å². The summed E-state index contributed by atoms with van der Waals surface area (Å²) in [4.78, 5) is 48.6. The number of carbonyl (C=O) groups is 3. The van der Waals surface area contributed by atoms with Crippen LogP contribution in [0.3, 0.4) is 0 Å². The van der Waals surface area contributed by atoms with E-state index in [4.69, 9.17) is 31.3 Å². The minimum atomic E-state index is -5.03. The Morgan fingerprint density at radius 1 is 1.25 bits per heavy atom. The number of rotatable bonds is 14. The molecule has 2 aromatic heterocycles. The molecule has 18 nitrogen and oxygen atoms in total. The number of pyridine rings is 1. The van der Waals surface area contributed by atoms with Gasteiger partial charge in [0.25, 0.3) is 17.4 Å². The quantitative estimate of drug-likeness (QED) is 0.0418. The fourth-order valence-corrected chi connectivity index (χ4v) is 6.93. The van der Waals surface area contributed by atoms with Gasteiger partial charge in [0.05, 0.1) is 5.54 Å². The normalized spacial score (nSPS) is 19.7. The molecule has 52 heavy (non-hydrogen) atoms. The van der Waals surface area contributed by atoms with Crippen LogP contribution in [0.4, 0.5) is 5.13 Å². The van der Waals surface area contributed by atoms with Gasteiger partial charge in [-0.2, -0.15) is 13.5 Å². The number of carboxylic acid groups (broad SMARTS) is 1. The molecule has 0 saturated carbocycles. The number of ether oxygens (including phenoxy) is 1. The molecule has 3 aromatic rings. The summed E-state index contributed by atoms with van der Waals surface area (Å²) >= 11 is 0.970. The van der Waals surface area contributed by atoms with Crippen LogP contribution in [-0.2, 0) is 53.8 Å². The Labute approximate surface area is 303 Å². The monoisotopic (exact) mass is 761 g/mol. The number of aromatic nitrogens is 2. The minimum absolute atomic E-state index is 0.0624. The van der Waals surface area contributed by atoms with Crippen LogP contribution in [0.1, 0.15) is 44.1 Å². The lowest BCUT2D eigenvalue weighted by molar-refractivity contribution is -0.679. The molecule has 2 aliphatic rings. The molecule has 0 spiro atoms. The van der Waals surface area contributed by atoms with Crippen molar-refractivity contribution in [1.29, 1.82) is 0 Å². The Hall–Kier alpha value is -4.73. The van der Waals surface area contributed by atoms with Gasteiger partial charge >= 0.3 is 16.4 Å². The van der Waals surface area contributed by atoms with E-state index in [0.717, 1.165) is 40.1 Å². The van der Waals surface area contributed by atoms with Gasteiger partial charge in [-0.1, -0.05) is 11.2 Å². The Bertz CT molecular complexity index is 2020. The molecule has 9 N–H and O–H groups in total. The number of carboxylic acids is 1. The van der Waals surface area contributed by atoms with E-state index in [-0.39, 0.29) is 23.2 Å². The summed E-state index contributed by atoms with van der Waals surface area (Å²) in [6.07, 6.45) is 2.40. The molecule has 0 radical (unpaired) electrons. The summed E-state index contributed by atoms with van der Waals surface area (Å²) in [5, 5.41) is 18.5. The first-order valence-electron chi connectivity index (χ1n) is 16.1. The zero-order valence-corrected chi connectivity index (χ0v) is 30.4. The number of amides is 2. The Morgan fingerprint density at radius 2 is 1.94 bits per heavy atom. The van der Waals surface area contributed by atoms with Crippen molar-refractivity contribution in [3.63, 3.8) is 0 Å². The van der Waals surface area contributed by atoms with Crippen LogP contribution in [0.2, 0.25) is 0 Å². The molecule has 0 bridgehead atoms. The number of anilines is 1. The van der Waals surface area contributed by atoms with Gasteiger partial charge in [-0.15, -0.1) is 15.6 Å². The Kier molecular flexibility index (Phi) is 10.9. The standard InChI is InChI=1S/C32H40N8O10S2/c1-31(2)26(28(42)40(31)50-52(45,46)47)37-27(41)25(22-16-51-30(35)36-22)38-49-32(3,29(43)44)24-10-7-19-12-18(6-9-23(19)48-24)20-5-8-21(39(4)15-20)11-17(13-33)14-34/h5-6,8-9,12,15-17,24,26H,7,10-11,13-14,33-34H2,1-4H3,(H4-,35,36,37,41,43,44,45,46,47)/p+1/b38-25-/t24-,26-,32?/m1/s1. The molecule has 20 heteroatoms. The van der Waals surface area contributed by atoms with E-state index in [9.17, 15) is 27.9 Å². The largest absolute Gasteiger partial charge is 0.485 e. The molecular formula is C32H41N8O10S2+. The zero-order valence-electron chi connectivity index (χ0n) is 28.8. The number of carbonyl (C=O) groups excluding carboxylic acids is 2. The van der Waals surface area contributed by atoms with E-state index in [1.807, 2.05) is 42.1 Å². The van der Waals surface area contributed by atoms with Gasteiger partial charge in [0, 0.05) is 23.4 Å². The smallest absolute Gasteiger partial charge is 0.418 e. The van der Waals surface area contributed by atoms with Gasteiger partial charge < -0.3 is 37.2 Å². The maximum Gasteiger partial charge on any atom is 0.418 e. The van der Waals surface area contributed by atoms with Crippen molar-refractivity contribution in [2.24, 2.45) is 29.6 Å². The first-order chi connectivity index (χ1) is 24.4. The van der Waals surface area contributed by atoms with Crippen molar-refractivity contribution in [1.82, 2.24) is 15.4 Å². The van der Waals surface area contributed by atoms with E-state index < -0.39 is 57.2 Å². The topological polar surface area (TPSA) is 276 Å². The number of hydroxylamine groups is 2. The van der Waals surface area contributed by atoms with Crippen molar-refractivity contribution < 1.29 is 50.9 Å². The average molecular weight is 762 g/mol. The molecule has 1 aromatic carbocycles. The first kappa shape index (κ1) is 38.5. The van der Waals surface area contributed by atoms with Crippen LogP contribution in [0.5, 0.6) is 5.75 Å². The second-order valence-electron chi connectivity index (χ2n) is 13.2. The molecule has 3 atom stereocenters. The first-order valence-corrected chi connectivity index (χ1v) is 18.3. The number of benzene rings is 1. The highest BCUT2D eigenvalue weighted by molar-refractivity contribution is 7.80. The number of β-lactam (4-membered cyclic amide) rings is 1. The summed E-state index contributed by atoms with van der Waals surface area (Å²) in [6, 6.07) is 8.35. The number of nitrogens with zero attached hydrogens (tertiary/aromatic N) is 4. The van der Waals surface area contributed by atoms with Crippen molar-refractivity contribution >= 4 is 50.4 Å². The molecule has 2 aliphatic heterocycles. The summed E-state index contributed by atoms with van der Waals surface area (Å²) in [7, 11) is -3.07.